The van der Waals surface area contributed by atoms with Crippen LogP contribution in [0.5, 0.6) is 0 Å². The monoisotopic (exact) mass is 356 g/mol. The van der Waals surface area contributed by atoms with Gasteiger partial charge in [-0.2, -0.15) is 0 Å². The predicted octanol–water partition coefficient (Wildman–Crippen LogP) is 3.68. The van der Waals surface area contributed by atoms with E-state index in [1.807, 2.05) is 12.4 Å². The average Bonchev–Trinajstić information content (AvgIpc) is 2.74. The van der Waals surface area contributed by atoms with E-state index in [0.29, 0.717) is 0 Å². The standard InChI is InChI=1S/C22H36N4/c1-2-4-21(5-3-1)26-16-10-20(11-17-26)24-18-19-8-14-25(15-9-19)22-6-12-23-13-7-22/h6-7,12-13,19-21,24H,1-5,8-11,14-18H2. The van der Waals surface area contributed by atoms with E-state index < -0.39 is 0 Å². The Morgan fingerprint density at radius 1 is 0.846 bits per heavy atom. The normalized spacial score (nSPS) is 24.8. The number of hydrogen-bond acceptors (Lipinski definition) is 4. The summed E-state index contributed by atoms with van der Waals surface area (Å²) < 4.78 is 0. The summed E-state index contributed by atoms with van der Waals surface area (Å²) in [5.74, 6) is 0.851. The number of likely N-dealkylation sites (tertiary alicyclic amines) is 1. The van der Waals surface area contributed by atoms with Crippen LogP contribution in [0.25, 0.3) is 0 Å². The summed E-state index contributed by atoms with van der Waals surface area (Å²) in [7, 11) is 0. The van der Waals surface area contributed by atoms with E-state index in [9.17, 15) is 0 Å². The molecule has 0 spiro atoms. The van der Waals surface area contributed by atoms with Crippen molar-refractivity contribution in [3.05, 3.63) is 24.5 Å². The van der Waals surface area contributed by atoms with Crippen molar-refractivity contribution in [1.82, 2.24) is 15.2 Å². The molecule has 144 valence electrons. The SMILES string of the molecule is c1cc(N2CCC(CNC3CCN(C4CCCCC4)CC3)CC2)ccn1. The Kier molecular flexibility index (Phi) is 6.44. The third kappa shape index (κ3) is 4.77. The van der Waals surface area contributed by atoms with Crippen LogP contribution in [-0.4, -0.2) is 54.7 Å². The highest BCUT2D eigenvalue weighted by atomic mass is 15.2. The van der Waals surface area contributed by atoms with Gasteiger partial charge < -0.3 is 15.1 Å². The van der Waals surface area contributed by atoms with E-state index in [1.54, 1.807) is 0 Å². The van der Waals surface area contributed by atoms with Gasteiger partial charge in [-0.3, -0.25) is 4.98 Å². The molecule has 1 saturated carbocycles. The molecule has 3 aliphatic rings. The quantitative estimate of drug-likeness (QED) is 0.872. The van der Waals surface area contributed by atoms with Crippen LogP contribution in [0.4, 0.5) is 5.69 Å². The summed E-state index contributed by atoms with van der Waals surface area (Å²) in [5, 5.41) is 3.91. The summed E-state index contributed by atoms with van der Waals surface area (Å²) in [4.78, 5) is 9.44. The summed E-state index contributed by atoms with van der Waals surface area (Å²) in [5.41, 5.74) is 1.33. The van der Waals surface area contributed by atoms with Crippen LogP contribution >= 0.6 is 0 Å². The van der Waals surface area contributed by atoms with E-state index in [-0.39, 0.29) is 0 Å². The number of nitrogens with one attached hydrogen (secondary N) is 1. The molecule has 4 heteroatoms. The second kappa shape index (κ2) is 9.18. The highest BCUT2D eigenvalue weighted by molar-refractivity contribution is 5.44. The Bertz CT molecular complexity index is 512. The Morgan fingerprint density at radius 2 is 1.54 bits per heavy atom. The summed E-state index contributed by atoms with van der Waals surface area (Å²) in [6.45, 7) is 6.25. The third-order valence-corrected chi connectivity index (χ3v) is 6.96. The highest BCUT2D eigenvalue weighted by Crippen LogP contribution is 2.26. The van der Waals surface area contributed by atoms with E-state index in [1.165, 1.54) is 96.2 Å². The van der Waals surface area contributed by atoms with Crippen molar-refractivity contribution >= 4 is 5.69 Å². The first-order valence-electron chi connectivity index (χ1n) is 11.0. The molecule has 0 amide bonds. The zero-order chi connectivity index (χ0) is 17.6. The van der Waals surface area contributed by atoms with Crippen LogP contribution in [0.1, 0.15) is 57.8 Å². The lowest BCUT2D eigenvalue weighted by Crippen LogP contribution is -2.48. The molecule has 4 nitrogen and oxygen atoms in total. The van der Waals surface area contributed by atoms with E-state index in [2.05, 4.69) is 32.2 Å². The number of aromatic nitrogens is 1. The molecule has 1 aliphatic carbocycles. The number of rotatable bonds is 5. The lowest BCUT2D eigenvalue weighted by atomic mass is 9.91. The number of anilines is 1. The zero-order valence-corrected chi connectivity index (χ0v) is 16.3. The second-order valence-corrected chi connectivity index (χ2v) is 8.65. The van der Waals surface area contributed by atoms with Gasteiger partial charge in [-0.1, -0.05) is 19.3 Å². The maximum Gasteiger partial charge on any atom is 0.0397 e. The first kappa shape index (κ1) is 18.2. The van der Waals surface area contributed by atoms with Crippen LogP contribution in [0.2, 0.25) is 0 Å². The summed E-state index contributed by atoms with van der Waals surface area (Å²) in [6, 6.07) is 5.94. The summed E-state index contributed by atoms with van der Waals surface area (Å²) >= 11 is 0. The van der Waals surface area contributed by atoms with Crippen molar-refractivity contribution in [3.63, 3.8) is 0 Å². The minimum atomic E-state index is 0.757. The molecule has 2 aliphatic heterocycles. The van der Waals surface area contributed by atoms with Gasteiger partial charge in [-0.15, -0.1) is 0 Å². The maximum atomic E-state index is 4.13. The third-order valence-electron chi connectivity index (χ3n) is 6.96. The number of piperidine rings is 2. The van der Waals surface area contributed by atoms with Crippen molar-refractivity contribution < 1.29 is 0 Å². The van der Waals surface area contributed by atoms with Crippen LogP contribution in [0.3, 0.4) is 0 Å². The van der Waals surface area contributed by atoms with Gasteiger partial charge in [0.05, 0.1) is 0 Å². The van der Waals surface area contributed by atoms with Crippen LogP contribution in [0.15, 0.2) is 24.5 Å². The van der Waals surface area contributed by atoms with Crippen LogP contribution < -0.4 is 10.2 Å². The fourth-order valence-electron chi connectivity index (χ4n) is 5.20. The fourth-order valence-corrected chi connectivity index (χ4v) is 5.20. The lowest BCUT2D eigenvalue weighted by molar-refractivity contribution is 0.114. The molecule has 4 rings (SSSR count). The van der Waals surface area contributed by atoms with Gasteiger partial charge in [0.15, 0.2) is 0 Å². The lowest BCUT2D eigenvalue weighted by Gasteiger charge is -2.40. The fraction of sp³-hybridized carbons (Fsp3) is 0.773. The molecule has 0 radical (unpaired) electrons. The number of pyridine rings is 1. The van der Waals surface area contributed by atoms with Gasteiger partial charge in [-0.05, 0) is 76.2 Å². The first-order chi connectivity index (χ1) is 12.9. The number of nitrogens with zero attached hydrogens (tertiary/aromatic N) is 3. The molecular weight excluding hydrogens is 320 g/mol. The van der Waals surface area contributed by atoms with Crippen LogP contribution in [0, 0.1) is 5.92 Å². The maximum absolute atomic E-state index is 4.13. The Balaban J connectivity index is 1.14. The Labute approximate surface area is 159 Å². The smallest absolute Gasteiger partial charge is 0.0397 e. The Hall–Kier alpha value is -1.13. The van der Waals surface area contributed by atoms with Gasteiger partial charge in [0.1, 0.15) is 0 Å². The van der Waals surface area contributed by atoms with Gasteiger partial charge in [0.25, 0.3) is 0 Å². The molecule has 0 unspecified atom stereocenters. The largest absolute Gasteiger partial charge is 0.371 e. The van der Waals surface area contributed by atoms with Gasteiger partial charge in [0.2, 0.25) is 0 Å². The summed E-state index contributed by atoms with van der Waals surface area (Å²) in [6.07, 6.45) is 16.4. The molecule has 0 atom stereocenters. The molecule has 1 aromatic rings. The van der Waals surface area contributed by atoms with E-state index in [0.717, 1.165) is 18.0 Å². The van der Waals surface area contributed by atoms with Crippen molar-refractivity contribution in [2.24, 2.45) is 5.92 Å². The van der Waals surface area contributed by atoms with Gasteiger partial charge >= 0.3 is 0 Å². The molecular formula is C22H36N4. The van der Waals surface area contributed by atoms with E-state index >= 15 is 0 Å². The van der Waals surface area contributed by atoms with Gasteiger partial charge in [0, 0.05) is 43.3 Å². The van der Waals surface area contributed by atoms with Gasteiger partial charge in [-0.25, -0.2) is 0 Å². The molecule has 1 N–H and O–H groups in total. The van der Waals surface area contributed by atoms with Crippen molar-refractivity contribution in [2.45, 2.75) is 69.9 Å². The second-order valence-electron chi connectivity index (χ2n) is 8.65. The molecule has 0 bridgehead atoms. The average molecular weight is 357 g/mol. The van der Waals surface area contributed by atoms with Crippen molar-refractivity contribution in [1.29, 1.82) is 0 Å². The molecule has 2 saturated heterocycles. The van der Waals surface area contributed by atoms with E-state index in [4.69, 9.17) is 0 Å². The molecule has 1 aromatic heterocycles. The zero-order valence-electron chi connectivity index (χ0n) is 16.3. The Morgan fingerprint density at radius 3 is 2.23 bits per heavy atom. The predicted molar refractivity (Wildman–Crippen MR) is 109 cm³/mol. The van der Waals surface area contributed by atoms with Crippen LogP contribution in [-0.2, 0) is 0 Å². The topological polar surface area (TPSA) is 31.4 Å². The molecule has 3 fully saturated rings. The van der Waals surface area contributed by atoms with Crippen molar-refractivity contribution in [2.75, 3.05) is 37.6 Å². The first-order valence-corrected chi connectivity index (χ1v) is 11.0. The minimum Gasteiger partial charge on any atom is -0.371 e. The molecule has 3 heterocycles. The van der Waals surface area contributed by atoms with Crippen molar-refractivity contribution in [3.8, 4) is 0 Å². The molecule has 26 heavy (non-hydrogen) atoms. The minimum absolute atomic E-state index is 0.757. The molecule has 0 aromatic carbocycles. The number of hydrogen-bond donors (Lipinski definition) is 1. The highest BCUT2D eigenvalue weighted by Gasteiger charge is 2.27.